The second kappa shape index (κ2) is 8.93. The van der Waals surface area contributed by atoms with Crippen molar-refractivity contribution in [3.05, 3.63) is 57.7 Å². The van der Waals surface area contributed by atoms with Crippen LogP contribution in [0.4, 0.5) is 15.9 Å². The summed E-state index contributed by atoms with van der Waals surface area (Å²) in [7, 11) is 0. The van der Waals surface area contributed by atoms with Gasteiger partial charge >= 0.3 is 0 Å². The monoisotopic (exact) mass is 443 g/mol. The molecule has 6 nitrogen and oxygen atoms in total. The molecule has 29 heavy (non-hydrogen) atoms. The van der Waals surface area contributed by atoms with E-state index in [2.05, 4.69) is 16.4 Å². The van der Waals surface area contributed by atoms with Crippen molar-refractivity contribution in [1.29, 1.82) is 10.5 Å². The molecule has 2 heterocycles. The van der Waals surface area contributed by atoms with Crippen LogP contribution in [0.25, 0.3) is 10.4 Å². The first kappa shape index (κ1) is 20.6. The minimum atomic E-state index is -0.587. The van der Waals surface area contributed by atoms with E-state index in [0.29, 0.717) is 16.1 Å². The summed E-state index contributed by atoms with van der Waals surface area (Å²) in [5, 5.41) is 23.7. The Bertz CT molecular complexity index is 1170. The predicted octanol–water partition coefficient (Wildman–Crippen LogP) is 4.66. The summed E-state index contributed by atoms with van der Waals surface area (Å²) in [4.78, 5) is 17.1. The number of halogens is 2. The molecular formula is C19H11ClFN5OS2. The molecule has 1 amide bonds. The first-order chi connectivity index (χ1) is 13.9. The van der Waals surface area contributed by atoms with E-state index in [1.165, 1.54) is 23.5 Å². The van der Waals surface area contributed by atoms with Crippen LogP contribution < -0.4 is 11.1 Å². The second-order valence-electron chi connectivity index (χ2n) is 5.59. The molecule has 0 atom stereocenters. The fraction of sp³-hybridized carbons (Fsp3) is 0.0526. The molecule has 1 aromatic carbocycles. The topological polar surface area (TPSA) is 116 Å². The largest absolute Gasteiger partial charge is 0.383 e. The van der Waals surface area contributed by atoms with Gasteiger partial charge in [0.2, 0.25) is 5.91 Å². The number of thiophene rings is 1. The van der Waals surface area contributed by atoms with Crippen molar-refractivity contribution < 1.29 is 9.18 Å². The Labute approximate surface area is 178 Å². The highest BCUT2D eigenvalue weighted by Crippen LogP contribution is 2.37. The van der Waals surface area contributed by atoms with Crippen molar-refractivity contribution in [2.24, 2.45) is 0 Å². The highest BCUT2D eigenvalue weighted by molar-refractivity contribution is 8.00. The number of carbonyl (C=O) groups excluding carboxylic acids is 1. The normalized spacial score (nSPS) is 10.2. The van der Waals surface area contributed by atoms with Gasteiger partial charge in [0.15, 0.2) is 0 Å². The zero-order valence-corrected chi connectivity index (χ0v) is 17.0. The lowest BCUT2D eigenvalue weighted by molar-refractivity contribution is -0.113. The molecular weight excluding hydrogens is 433 g/mol. The van der Waals surface area contributed by atoms with Gasteiger partial charge in [0.05, 0.1) is 16.3 Å². The highest BCUT2D eigenvalue weighted by atomic mass is 35.5. The van der Waals surface area contributed by atoms with Crippen LogP contribution in [-0.2, 0) is 4.79 Å². The third-order valence-electron chi connectivity index (χ3n) is 3.73. The van der Waals surface area contributed by atoms with Gasteiger partial charge in [-0.2, -0.15) is 10.5 Å². The van der Waals surface area contributed by atoms with Gasteiger partial charge in [0.25, 0.3) is 0 Å². The molecule has 10 heteroatoms. The summed E-state index contributed by atoms with van der Waals surface area (Å²) >= 11 is 8.08. The molecule has 0 saturated heterocycles. The van der Waals surface area contributed by atoms with E-state index in [-0.39, 0.29) is 32.7 Å². The molecule has 144 valence electrons. The predicted molar refractivity (Wildman–Crippen MR) is 112 cm³/mol. The molecule has 0 radical (unpaired) electrons. The van der Waals surface area contributed by atoms with Gasteiger partial charge < -0.3 is 11.1 Å². The smallest absolute Gasteiger partial charge is 0.234 e. The van der Waals surface area contributed by atoms with Gasteiger partial charge in [-0.05, 0) is 29.6 Å². The Hall–Kier alpha value is -3.11. The Morgan fingerprint density at radius 3 is 2.69 bits per heavy atom. The number of anilines is 2. The summed E-state index contributed by atoms with van der Waals surface area (Å²) in [5.41, 5.74) is 6.98. The standard InChI is InChI=1S/C19H11ClFN5OS2/c20-13-6-10(3-4-14(13)21)25-16(27)9-29-19-12(8-23)17(15-2-1-5-28-15)11(7-22)18(24)26-19/h1-6H,9H2,(H2,24,26)(H,25,27). The van der Waals surface area contributed by atoms with Crippen molar-refractivity contribution in [2.45, 2.75) is 5.03 Å². The Balaban J connectivity index is 1.86. The quantitative estimate of drug-likeness (QED) is 0.554. The average Bonchev–Trinajstić information content (AvgIpc) is 3.23. The van der Waals surface area contributed by atoms with E-state index in [4.69, 9.17) is 17.3 Å². The number of benzene rings is 1. The van der Waals surface area contributed by atoms with Gasteiger partial charge in [-0.15, -0.1) is 11.3 Å². The fourth-order valence-electron chi connectivity index (χ4n) is 2.47. The van der Waals surface area contributed by atoms with Gasteiger partial charge in [-0.3, -0.25) is 4.79 Å². The number of amides is 1. The zero-order valence-electron chi connectivity index (χ0n) is 14.6. The van der Waals surface area contributed by atoms with Crippen molar-refractivity contribution in [3.63, 3.8) is 0 Å². The van der Waals surface area contributed by atoms with Crippen molar-refractivity contribution in [1.82, 2.24) is 4.98 Å². The number of hydrogen-bond acceptors (Lipinski definition) is 7. The van der Waals surface area contributed by atoms with Crippen LogP contribution in [0.2, 0.25) is 5.02 Å². The van der Waals surface area contributed by atoms with Gasteiger partial charge in [0.1, 0.15) is 34.4 Å². The van der Waals surface area contributed by atoms with Gasteiger partial charge in [-0.25, -0.2) is 9.37 Å². The van der Waals surface area contributed by atoms with Gasteiger partial charge in [-0.1, -0.05) is 29.4 Å². The average molecular weight is 444 g/mol. The molecule has 0 unspecified atom stereocenters. The van der Waals surface area contributed by atoms with E-state index < -0.39 is 11.7 Å². The molecule has 0 bridgehead atoms. The third-order valence-corrected chi connectivity index (χ3v) is 5.88. The molecule has 0 spiro atoms. The maximum absolute atomic E-state index is 13.2. The molecule has 0 aliphatic heterocycles. The van der Waals surface area contributed by atoms with E-state index in [9.17, 15) is 19.7 Å². The first-order valence-electron chi connectivity index (χ1n) is 7.99. The number of hydrogen-bond donors (Lipinski definition) is 2. The number of nitriles is 2. The third kappa shape index (κ3) is 4.49. The maximum atomic E-state index is 13.2. The summed E-state index contributed by atoms with van der Waals surface area (Å²) < 4.78 is 13.2. The number of nitrogen functional groups attached to an aromatic ring is 1. The molecule has 0 fully saturated rings. The van der Waals surface area contributed by atoms with Crippen LogP contribution >= 0.6 is 34.7 Å². The lowest BCUT2D eigenvalue weighted by Gasteiger charge is -2.11. The summed E-state index contributed by atoms with van der Waals surface area (Å²) in [5.74, 6) is -1.07. The highest BCUT2D eigenvalue weighted by Gasteiger charge is 2.21. The van der Waals surface area contributed by atoms with E-state index >= 15 is 0 Å². The number of carbonyl (C=O) groups is 1. The number of thioether (sulfide) groups is 1. The van der Waals surface area contributed by atoms with Crippen LogP contribution in [0, 0.1) is 28.5 Å². The lowest BCUT2D eigenvalue weighted by atomic mass is 10.0. The van der Waals surface area contributed by atoms with Crippen molar-refractivity contribution in [3.8, 4) is 22.6 Å². The maximum Gasteiger partial charge on any atom is 0.234 e. The SMILES string of the molecule is N#Cc1c(N)nc(SCC(=O)Nc2ccc(F)c(Cl)c2)c(C#N)c1-c1cccs1. The molecule has 3 aromatic rings. The Morgan fingerprint density at radius 1 is 1.31 bits per heavy atom. The number of rotatable bonds is 5. The van der Waals surface area contributed by atoms with Crippen molar-refractivity contribution >= 4 is 52.1 Å². The Kier molecular flexibility index (Phi) is 6.35. The molecule has 0 saturated carbocycles. The van der Waals surface area contributed by atoms with Crippen LogP contribution in [0.1, 0.15) is 11.1 Å². The molecule has 0 aliphatic rings. The van der Waals surface area contributed by atoms with E-state index in [1.54, 1.807) is 12.1 Å². The first-order valence-corrected chi connectivity index (χ1v) is 10.2. The van der Waals surface area contributed by atoms with E-state index in [0.717, 1.165) is 17.8 Å². The van der Waals surface area contributed by atoms with Crippen molar-refractivity contribution in [2.75, 3.05) is 16.8 Å². The van der Waals surface area contributed by atoms with Crippen LogP contribution in [-0.4, -0.2) is 16.6 Å². The van der Waals surface area contributed by atoms with E-state index in [1.807, 2.05) is 11.4 Å². The number of pyridine rings is 1. The molecule has 2 aromatic heterocycles. The number of nitrogens with one attached hydrogen (secondary N) is 1. The van der Waals surface area contributed by atoms with Crippen LogP contribution in [0.5, 0.6) is 0 Å². The molecule has 3 N–H and O–H groups in total. The molecule has 0 aliphatic carbocycles. The lowest BCUT2D eigenvalue weighted by Crippen LogP contribution is -2.14. The zero-order chi connectivity index (χ0) is 21.0. The fourth-order valence-corrected chi connectivity index (χ4v) is 4.23. The second-order valence-corrected chi connectivity index (χ2v) is 7.91. The summed E-state index contributed by atoms with van der Waals surface area (Å²) in [6.07, 6.45) is 0. The van der Waals surface area contributed by atoms with Gasteiger partial charge in [0, 0.05) is 16.1 Å². The molecule has 3 rings (SSSR count). The number of nitrogens with two attached hydrogens (primary N) is 1. The summed E-state index contributed by atoms with van der Waals surface area (Å²) in [6, 6.07) is 11.5. The van der Waals surface area contributed by atoms with Crippen LogP contribution in [0.15, 0.2) is 40.7 Å². The number of nitrogens with zero attached hydrogens (tertiary/aromatic N) is 3. The van der Waals surface area contributed by atoms with Crippen LogP contribution in [0.3, 0.4) is 0 Å². The summed E-state index contributed by atoms with van der Waals surface area (Å²) in [6.45, 7) is 0. The Morgan fingerprint density at radius 2 is 2.07 bits per heavy atom. The minimum absolute atomic E-state index is 0.0110. The number of aromatic nitrogens is 1. The minimum Gasteiger partial charge on any atom is -0.383 e.